The van der Waals surface area contributed by atoms with E-state index in [0.29, 0.717) is 18.0 Å². The van der Waals surface area contributed by atoms with Crippen molar-refractivity contribution in [3.63, 3.8) is 0 Å². The van der Waals surface area contributed by atoms with Crippen LogP contribution in [0, 0.1) is 5.41 Å². The zero-order valence-corrected chi connectivity index (χ0v) is 13.8. The monoisotopic (exact) mass is 290 g/mol. The van der Waals surface area contributed by atoms with Crippen LogP contribution in [0.2, 0.25) is 0 Å². The molecule has 0 amide bonds. The van der Waals surface area contributed by atoms with Crippen molar-refractivity contribution in [2.24, 2.45) is 11.1 Å². The number of hydrogen-bond donors (Lipinski definition) is 1. The summed E-state index contributed by atoms with van der Waals surface area (Å²) < 4.78 is 5.66. The molecule has 0 radical (unpaired) electrons. The Hall–Kier alpha value is -1.06. The number of ether oxygens (including phenoxy) is 1. The van der Waals surface area contributed by atoms with E-state index in [9.17, 15) is 0 Å². The van der Waals surface area contributed by atoms with Crippen LogP contribution in [0.15, 0.2) is 24.3 Å². The summed E-state index contributed by atoms with van der Waals surface area (Å²) in [6.07, 6.45) is 3.61. The molecule has 1 heterocycles. The highest BCUT2D eigenvalue weighted by Crippen LogP contribution is 2.33. The summed E-state index contributed by atoms with van der Waals surface area (Å²) in [5.74, 6) is 0.954. The number of hydrogen-bond acceptors (Lipinski definition) is 3. The Kier molecular flexibility index (Phi) is 5.65. The zero-order valence-electron chi connectivity index (χ0n) is 13.8. The van der Waals surface area contributed by atoms with Crippen molar-refractivity contribution in [3.8, 4) is 5.75 Å². The summed E-state index contributed by atoms with van der Waals surface area (Å²) >= 11 is 0. The molecular weight excluding hydrogens is 260 g/mol. The third kappa shape index (κ3) is 4.45. The van der Waals surface area contributed by atoms with Gasteiger partial charge in [0.05, 0.1) is 6.61 Å². The fourth-order valence-corrected chi connectivity index (χ4v) is 3.24. The summed E-state index contributed by atoms with van der Waals surface area (Å²) in [5, 5.41) is 0. The smallest absolute Gasteiger partial charge is 0.119 e. The number of likely N-dealkylation sites (tertiary alicyclic amines) is 1. The minimum absolute atomic E-state index is 0.324. The fraction of sp³-hybridized carbons (Fsp3) is 0.667. The van der Waals surface area contributed by atoms with Crippen LogP contribution in [0.4, 0.5) is 0 Å². The lowest BCUT2D eigenvalue weighted by Crippen LogP contribution is -2.44. The Morgan fingerprint density at radius 3 is 2.57 bits per heavy atom. The summed E-state index contributed by atoms with van der Waals surface area (Å²) in [4.78, 5) is 2.55. The molecule has 21 heavy (non-hydrogen) atoms. The molecule has 0 aromatic heterocycles. The van der Waals surface area contributed by atoms with Crippen molar-refractivity contribution in [3.05, 3.63) is 29.8 Å². The van der Waals surface area contributed by atoms with Crippen LogP contribution in [0.5, 0.6) is 5.75 Å². The number of benzene rings is 1. The van der Waals surface area contributed by atoms with Gasteiger partial charge in [0.2, 0.25) is 0 Å². The highest BCUT2D eigenvalue weighted by Gasteiger charge is 2.30. The van der Waals surface area contributed by atoms with Crippen molar-refractivity contribution in [2.75, 3.05) is 26.2 Å². The molecule has 1 unspecified atom stereocenters. The van der Waals surface area contributed by atoms with Crippen LogP contribution < -0.4 is 10.5 Å². The third-order valence-corrected chi connectivity index (χ3v) is 4.33. The average Bonchev–Trinajstić information content (AvgIpc) is 2.46. The van der Waals surface area contributed by atoms with Crippen LogP contribution in [0.1, 0.15) is 51.6 Å². The molecule has 3 heteroatoms. The SMILES string of the molecule is CCCOc1ccc(C(CN)N2CCCC(C)(C)C2)cc1. The molecule has 2 N–H and O–H groups in total. The average molecular weight is 290 g/mol. The fourth-order valence-electron chi connectivity index (χ4n) is 3.24. The summed E-state index contributed by atoms with van der Waals surface area (Å²) in [7, 11) is 0. The van der Waals surface area contributed by atoms with Gasteiger partial charge in [0.15, 0.2) is 0 Å². The summed E-state index contributed by atoms with van der Waals surface area (Å²) in [6, 6.07) is 8.81. The molecule has 3 nitrogen and oxygen atoms in total. The quantitative estimate of drug-likeness (QED) is 0.870. The Balaban J connectivity index is 2.06. The van der Waals surface area contributed by atoms with Crippen LogP contribution in [-0.2, 0) is 0 Å². The minimum atomic E-state index is 0.324. The molecule has 0 aliphatic carbocycles. The molecule has 118 valence electrons. The first-order valence-electron chi connectivity index (χ1n) is 8.22. The standard InChI is InChI=1S/C18H30N2O/c1-4-12-21-16-8-6-15(7-9-16)17(13-19)20-11-5-10-18(2,3)14-20/h6-9,17H,4-5,10-14,19H2,1-3H3. The Labute approximate surface area is 129 Å². The summed E-state index contributed by atoms with van der Waals surface area (Å²) in [5.41, 5.74) is 7.77. The van der Waals surface area contributed by atoms with E-state index < -0.39 is 0 Å². The van der Waals surface area contributed by atoms with E-state index in [2.05, 4.69) is 49.9 Å². The Bertz CT molecular complexity index is 427. The molecule has 1 fully saturated rings. The predicted molar refractivity (Wildman–Crippen MR) is 88.6 cm³/mol. The molecular formula is C18H30N2O. The molecule has 2 rings (SSSR count). The first kappa shape index (κ1) is 16.3. The summed E-state index contributed by atoms with van der Waals surface area (Å²) in [6.45, 7) is 10.6. The Morgan fingerprint density at radius 1 is 1.29 bits per heavy atom. The molecule has 0 bridgehead atoms. The van der Waals surface area contributed by atoms with E-state index in [1.165, 1.54) is 18.4 Å². The lowest BCUT2D eigenvalue weighted by molar-refractivity contribution is 0.0806. The molecule has 1 atom stereocenters. The van der Waals surface area contributed by atoms with Gasteiger partial charge >= 0.3 is 0 Å². The maximum Gasteiger partial charge on any atom is 0.119 e. The molecule has 1 aliphatic rings. The lowest BCUT2D eigenvalue weighted by Gasteiger charge is -2.42. The Morgan fingerprint density at radius 2 is 2.00 bits per heavy atom. The van der Waals surface area contributed by atoms with Gasteiger partial charge in [0.1, 0.15) is 5.75 Å². The number of piperidine rings is 1. The van der Waals surface area contributed by atoms with Crippen LogP contribution >= 0.6 is 0 Å². The maximum absolute atomic E-state index is 6.07. The molecule has 0 spiro atoms. The van der Waals surface area contributed by atoms with E-state index >= 15 is 0 Å². The highest BCUT2D eigenvalue weighted by atomic mass is 16.5. The number of rotatable bonds is 6. The second-order valence-electron chi connectivity index (χ2n) is 6.91. The van der Waals surface area contributed by atoms with Gasteiger partial charge in [-0.2, -0.15) is 0 Å². The van der Waals surface area contributed by atoms with Gasteiger partial charge in [0.25, 0.3) is 0 Å². The van der Waals surface area contributed by atoms with E-state index in [4.69, 9.17) is 10.5 Å². The number of nitrogens with zero attached hydrogens (tertiary/aromatic N) is 1. The first-order chi connectivity index (χ1) is 10.1. The van der Waals surface area contributed by atoms with Crippen molar-refractivity contribution in [1.29, 1.82) is 0 Å². The van der Waals surface area contributed by atoms with Gasteiger partial charge in [-0.1, -0.05) is 32.9 Å². The van der Waals surface area contributed by atoms with Crippen molar-refractivity contribution < 1.29 is 4.74 Å². The molecule has 0 saturated carbocycles. The molecule has 1 aromatic carbocycles. The van der Waals surface area contributed by atoms with E-state index in [0.717, 1.165) is 31.9 Å². The normalized spacial score (nSPS) is 20.2. The predicted octanol–water partition coefficient (Wildman–Crippen LogP) is 3.60. The third-order valence-electron chi connectivity index (χ3n) is 4.33. The van der Waals surface area contributed by atoms with E-state index in [-0.39, 0.29) is 0 Å². The first-order valence-corrected chi connectivity index (χ1v) is 8.22. The molecule has 1 saturated heterocycles. The van der Waals surface area contributed by atoms with Gasteiger partial charge in [-0.3, -0.25) is 4.90 Å². The van der Waals surface area contributed by atoms with Crippen LogP contribution in [0.25, 0.3) is 0 Å². The van der Waals surface area contributed by atoms with Gasteiger partial charge in [0, 0.05) is 19.1 Å². The maximum atomic E-state index is 6.07. The van der Waals surface area contributed by atoms with E-state index in [1.54, 1.807) is 0 Å². The lowest BCUT2D eigenvalue weighted by atomic mass is 9.83. The second-order valence-corrected chi connectivity index (χ2v) is 6.91. The second kappa shape index (κ2) is 7.28. The van der Waals surface area contributed by atoms with Gasteiger partial charge in [-0.05, 0) is 48.9 Å². The van der Waals surface area contributed by atoms with Gasteiger partial charge in [-0.15, -0.1) is 0 Å². The van der Waals surface area contributed by atoms with Gasteiger partial charge < -0.3 is 10.5 Å². The van der Waals surface area contributed by atoms with Crippen LogP contribution in [0.3, 0.4) is 0 Å². The largest absolute Gasteiger partial charge is 0.494 e. The van der Waals surface area contributed by atoms with E-state index in [1.807, 2.05) is 0 Å². The zero-order chi connectivity index (χ0) is 15.3. The van der Waals surface area contributed by atoms with Crippen molar-refractivity contribution in [1.82, 2.24) is 4.90 Å². The molecule has 1 aliphatic heterocycles. The highest BCUT2D eigenvalue weighted by molar-refractivity contribution is 5.29. The molecule has 1 aromatic rings. The van der Waals surface area contributed by atoms with Crippen molar-refractivity contribution in [2.45, 2.75) is 46.1 Å². The van der Waals surface area contributed by atoms with Crippen LogP contribution in [-0.4, -0.2) is 31.1 Å². The number of nitrogens with two attached hydrogens (primary N) is 1. The topological polar surface area (TPSA) is 38.5 Å². The van der Waals surface area contributed by atoms with Gasteiger partial charge in [-0.25, -0.2) is 0 Å². The van der Waals surface area contributed by atoms with Crippen molar-refractivity contribution >= 4 is 0 Å². The minimum Gasteiger partial charge on any atom is -0.494 e.